The van der Waals surface area contributed by atoms with Crippen molar-refractivity contribution < 1.29 is 14.6 Å². The normalized spacial score (nSPS) is 11.4. The zero-order valence-electron chi connectivity index (χ0n) is 9.87. The molecule has 0 bridgehead atoms. The molecule has 1 aromatic heterocycles. The Morgan fingerprint density at radius 2 is 2.06 bits per heavy atom. The van der Waals surface area contributed by atoms with E-state index in [0.29, 0.717) is 6.42 Å². The van der Waals surface area contributed by atoms with Crippen LogP contribution in [0.25, 0.3) is 0 Å². The van der Waals surface area contributed by atoms with E-state index in [1.807, 2.05) is 0 Å². The molecule has 0 aromatic carbocycles. The Labute approximate surface area is 98.9 Å². The molecule has 17 heavy (non-hydrogen) atoms. The van der Waals surface area contributed by atoms with Crippen molar-refractivity contribution in [2.24, 2.45) is 0 Å². The second-order valence-electron chi connectivity index (χ2n) is 3.72. The molecule has 1 aromatic rings. The van der Waals surface area contributed by atoms with Gasteiger partial charge in [0.15, 0.2) is 11.6 Å². The summed E-state index contributed by atoms with van der Waals surface area (Å²) in [4.78, 5) is 7.59. The number of aliphatic hydroxyl groups excluding tert-OH is 2. The maximum Gasteiger partial charge on any atom is 0.224 e. The van der Waals surface area contributed by atoms with E-state index >= 15 is 0 Å². The largest absolute Gasteiger partial charge is 0.394 e. The van der Waals surface area contributed by atoms with Crippen LogP contribution in [0.5, 0.6) is 0 Å². The monoisotopic (exact) mass is 244 g/mol. The van der Waals surface area contributed by atoms with Crippen molar-refractivity contribution >= 4 is 11.8 Å². The van der Waals surface area contributed by atoms with Crippen LogP contribution in [0.4, 0.5) is 16.2 Å². The summed E-state index contributed by atoms with van der Waals surface area (Å²) in [5.74, 6) is -0.423. The maximum atomic E-state index is 13.5. The summed E-state index contributed by atoms with van der Waals surface area (Å²) < 4.78 is 13.5. The lowest BCUT2D eigenvalue weighted by Crippen LogP contribution is -2.45. The number of rotatable bonds is 6. The van der Waals surface area contributed by atoms with Crippen molar-refractivity contribution in [2.75, 3.05) is 30.9 Å². The first-order valence-electron chi connectivity index (χ1n) is 5.31. The van der Waals surface area contributed by atoms with Gasteiger partial charge in [0.25, 0.3) is 0 Å². The van der Waals surface area contributed by atoms with Gasteiger partial charge in [-0.15, -0.1) is 0 Å². The SMILES string of the molecule is CCC(CO)(CO)Nc1nc(NC)ncc1F. The summed E-state index contributed by atoms with van der Waals surface area (Å²) in [6.45, 7) is 1.13. The van der Waals surface area contributed by atoms with Gasteiger partial charge in [-0.2, -0.15) is 4.98 Å². The third-order valence-corrected chi connectivity index (χ3v) is 2.63. The topological polar surface area (TPSA) is 90.3 Å². The molecule has 0 aliphatic rings. The van der Waals surface area contributed by atoms with Crippen molar-refractivity contribution in [3.8, 4) is 0 Å². The highest BCUT2D eigenvalue weighted by Crippen LogP contribution is 2.19. The quantitative estimate of drug-likeness (QED) is 0.571. The number of nitrogens with one attached hydrogen (secondary N) is 2. The third-order valence-electron chi connectivity index (χ3n) is 2.63. The number of hydrogen-bond donors (Lipinski definition) is 4. The van der Waals surface area contributed by atoms with Crippen LogP contribution in [0.15, 0.2) is 6.20 Å². The Bertz CT molecular complexity index is 363. The van der Waals surface area contributed by atoms with Crippen molar-refractivity contribution in [2.45, 2.75) is 18.9 Å². The zero-order chi connectivity index (χ0) is 12.9. The van der Waals surface area contributed by atoms with E-state index in [1.165, 1.54) is 0 Å². The van der Waals surface area contributed by atoms with Crippen LogP contribution in [0.2, 0.25) is 0 Å². The Hall–Kier alpha value is -1.47. The second-order valence-corrected chi connectivity index (χ2v) is 3.72. The zero-order valence-corrected chi connectivity index (χ0v) is 9.87. The van der Waals surface area contributed by atoms with Crippen LogP contribution in [-0.4, -0.2) is 46.0 Å². The molecule has 0 aliphatic carbocycles. The van der Waals surface area contributed by atoms with E-state index in [0.717, 1.165) is 6.20 Å². The Balaban J connectivity index is 2.99. The predicted octanol–water partition coefficient (Wildman–Crippen LogP) is 0.203. The standard InChI is InChI=1S/C10H17FN4O2/c1-3-10(5-16,6-17)15-8-7(11)4-13-9(12-2)14-8/h4,16-17H,3,5-6H2,1-2H3,(H2,12,13,14,15). The summed E-state index contributed by atoms with van der Waals surface area (Å²) in [6, 6.07) is 0. The van der Waals surface area contributed by atoms with E-state index in [9.17, 15) is 14.6 Å². The van der Waals surface area contributed by atoms with E-state index in [2.05, 4.69) is 20.6 Å². The molecule has 1 rings (SSSR count). The van der Waals surface area contributed by atoms with Gasteiger partial charge in [-0.3, -0.25) is 0 Å². The molecule has 0 saturated heterocycles. The van der Waals surface area contributed by atoms with Crippen molar-refractivity contribution in [1.29, 1.82) is 0 Å². The fourth-order valence-electron chi connectivity index (χ4n) is 1.27. The number of anilines is 2. The summed E-state index contributed by atoms with van der Waals surface area (Å²) in [5, 5.41) is 23.9. The molecular formula is C10H17FN4O2. The molecule has 6 nitrogen and oxygen atoms in total. The van der Waals surface area contributed by atoms with Crippen LogP contribution in [-0.2, 0) is 0 Å². The molecular weight excluding hydrogens is 227 g/mol. The molecule has 96 valence electrons. The van der Waals surface area contributed by atoms with E-state index in [1.54, 1.807) is 14.0 Å². The van der Waals surface area contributed by atoms with Crippen molar-refractivity contribution in [3.05, 3.63) is 12.0 Å². The van der Waals surface area contributed by atoms with E-state index in [-0.39, 0.29) is 25.0 Å². The predicted molar refractivity (Wildman–Crippen MR) is 62.4 cm³/mol. The van der Waals surface area contributed by atoms with Crippen LogP contribution >= 0.6 is 0 Å². The molecule has 0 fully saturated rings. The second kappa shape index (κ2) is 5.74. The molecule has 0 amide bonds. The highest BCUT2D eigenvalue weighted by atomic mass is 19.1. The minimum absolute atomic E-state index is 0.0469. The first-order chi connectivity index (χ1) is 8.10. The van der Waals surface area contributed by atoms with Crippen molar-refractivity contribution in [1.82, 2.24) is 9.97 Å². The molecule has 0 atom stereocenters. The first-order valence-corrected chi connectivity index (χ1v) is 5.31. The van der Waals surface area contributed by atoms with Gasteiger partial charge in [-0.05, 0) is 6.42 Å². The molecule has 0 saturated carbocycles. The van der Waals surface area contributed by atoms with E-state index < -0.39 is 11.4 Å². The Morgan fingerprint density at radius 3 is 2.53 bits per heavy atom. The minimum Gasteiger partial charge on any atom is -0.394 e. The average Bonchev–Trinajstić information content (AvgIpc) is 2.38. The molecule has 4 N–H and O–H groups in total. The highest BCUT2D eigenvalue weighted by molar-refractivity contribution is 5.43. The Kier molecular flexibility index (Phi) is 4.59. The van der Waals surface area contributed by atoms with Gasteiger partial charge in [0.05, 0.1) is 24.9 Å². The molecule has 0 spiro atoms. The van der Waals surface area contributed by atoms with Gasteiger partial charge in [0.1, 0.15) is 0 Å². The number of nitrogens with zero attached hydrogens (tertiary/aromatic N) is 2. The maximum absolute atomic E-state index is 13.5. The van der Waals surface area contributed by atoms with Gasteiger partial charge < -0.3 is 20.8 Å². The molecule has 1 heterocycles. The van der Waals surface area contributed by atoms with Crippen LogP contribution in [0, 0.1) is 5.82 Å². The lowest BCUT2D eigenvalue weighted by atomic mass is 9.98. The average molecular weight is 244 g/mol. The molecule has 0 unspecified atom stereocenters. The molecule has 7 heteroatoms. The van der Waals surface area contributed by atoms with Gasteiger partial charge in [-0.1, -0.05) is 6.92 Å². The summed E-state index contributed by atoms with van der Waals surface area (Å²) in [6.07, 6.45) is 1.45. The fraction of sp³-hybridized carbons (Fsp3) is 0.600. The number of aromatic nitrogens is 2. The summed E-state index contributed by atoms with van der Waals surface area (Å²) >= 11 is 0. The van der Waals surface area contributed by atoms with Crippen LogP contribution in [0.3, 0.4) is 0 Å². The van der Waals surface area contributed by atoms with Crippen molar-refractivity contribution in [3.63, 3.8) is 0 Å². The summed E-state index contributed by atoms with van der Waals surface area (Å²) in [7, 11) is 1.61. The van der Waals surface area contributed by atoms with Crippen LogP contribution in [0.1, 0.15) is 13.3 Å². The first kappa shape index (κ1) is 13.6. The number of halogens is 1. The highest BCUT2D eigenvalue weighted by Gasteiger charge is 2.28. The smallest absolute Gasteiger partial charge is 0.224 e. The number of hydrogen-bond acceptors (Lipinski definition) is 6. The van der Waals surface area contributed by atoms with Gasteiger partial charge in [-0.25, -0.2) is 9.37 Å². The lowest BCUT2D eigenvalue weighted by molar-refractivity contribution is 0.132. The fourth-order valence-corrected chi connectivity index (χ4v) is 1.27. The van der Waals surface area contributed by atoms with Gasteiger partial charge >= 0.3 is 0 Å². The third kappa shape index (κ3) is 3.01. The van der Waals surface area contributed by atoms with E-state index in [4.69, 9.17) is 0 Å². The minimum atomic E-state index is -0.986. The lowest BCUT2D eigenvalue weighted by Gasteiger charge is -2.30. The Morgan fingerprint density at radius 1 is 1.41 bits per heavy atom. The summed E-state index contributed by atoms with van der Waals surface area (Å²) in [5.41, 5.74) is -0.986. The van der Waals surface area contributed by atoms with Crippen LogP contribution < -0.4 is 10.6 Å². The van der Waals surface area contributed by atoms with Gasteiger partial charge in [0, 0.05) is 7.05 Å². The molecule has 0 radical (unpaired) electrons. The number of aliphatic hydroxyl groups is 2. The van der Waals surface area contributed by atoms with Gasteiger partial charge in [0.2, 0.25) is 5.95 Å². The molecule has 0 aliphatic heterocycles.